The van der Waals surface area contributed by atoms with Gasteiger partial charge in [-0.05, 0) is 31.0 Å². The van der Waals surface area contributed by atoms with Crippen LogP contribution in [0.2, 0.25) is 0 Å². The number of fused-ring (bicyclic) bond motifs is 1. The number of carbonyl (C=O) groups excluding carboxylic acids is 2. The lowest BCUT2D eigenvalue weighted by atomic mass is 10.2. The highest BCUT2D eigenvalue weighted by Gasteiger charge is 2.24. The molecular formula is C19H19N3O4S. The van der Waals surface area contributed by atoms with Crippen molar-refractivity contribution in [3.05, 3.63) is 57.5 Å². The summed E-state index contributed by atoms with van der Waals surface area (Å²) in [6.45, 7) is 3.50. The fourth-order valence-electron chi connectivity index (χ4n) is 2.90. The van der Waals surface area contributed by atoms with Crippen LogP contribution in [0, 0.1) is 6.92 Å². The van der Waals surface area contributed by atoms with E-state index in [1.54, 1.807) is 26.0 Å². The van der Waals surface area contributed by atoms with E-state index in [0.29, 0.717) is 32.8 Å². The van der Waals surface area contributed by atoms with Crippen LogP contribution in [-0.2, 0) is 9.53 Å². The molecule has 0 saturated heterocycles. The minimum absolute atomic E-state index is 0.298. The second kappa shape index (κ2) is 7.71. The van der Waals surface area contributed by atoms with Crippen LogP contribution in [0.25, 0.3) is 10.2 Å². The van der Waals surface area contributed by atoms with Crippen molar-refractivity contribution in [2.75, 3.05) is 12.4 Å². The molecule has 0 aliphatic rings. The summed E-state index contributed by atoms with van der Waals surface area (Å²) < 4.78 is 6.05. The van der Waals surface area contributed by atoms with E-state index in [0.717, 1.165) is 11.3 Å². The van der Waals surface area contributed by atoms with Crippen LogP contribution in [0.1, 0.15) is 34.6 Å². The number of anilines is 1. The van der Waals surface area contributed by atoms with Crippen LogP contribution in [-0.4, -0.2) is 28.5 Å². The molecule has 3 aromatic rings. The Balaban J connectivity index is 2.05. The van der Waals surface area contributed by atoms with Gasteiger partial charge in [0.25, 0.3) is 11.5 Å². The maximum Gasteiger partial charge on any atom is 0.329 e. The molecule has 7 nitrogen and oxygen atoms in total. The monoisotopic (exact) mass is 385 g/mol. The number of rotatable bonds is 5. The Kier molecular flexibility index (Phi) is 5.36. The molecule has 0 radical (unpaired) electrons. The van der Waals surface area contributed by atoms with Crippen LogP contribution in [0.3, 0.4) is 0 Å². The highest BCUT2D eigenvalue weighted by atomic mass is 32.1. The summed E-state index contributed by atoms with van der Waals surface area (Å²) in [6, 6.07) is 8.33. The van der Waals surface area contributed by atoms with E-state index in [1.165, 1.54) is 18.0 Å². The van der Waals surface area contributed by atoms with E-state index in [2.05, 4.69) is 10.3 Å². The lowest BCUT2D eigenvalue weighted by Crippen LogP contribution is -2.30. The SMILES string of the molecule is CC[C@@H](C(=O)OC)n1cnc2sc(C(=O)Nc3ccccc3)c(C)c2c1=O. The molecule has 0 unspecified atom stereocenters. The third kappa shape index (κ3) is 3.48. The topological polar surface area (TPSA) is 90.3 Å². The van der Waals surface area contributed by atoms with Crippen molar-refractivity contribution in [3.63, 3.8) is 0 Å². The molecule has 1 amide bonds. The number of benzene rings is 1. The molecule has 0 fully saturated rings. The number of esters is 1. The van der Waals surface area contributed by atoms with Crippen LogP contribution in [0.5, 0.6) is 0 Å². The number of nitrogens with one attached hydrogen (secondary N) is 1. The van der Waals surface area contributed by atoms with Crippen molar-refractivity contribution in [1.29, 1.82) is 0 Å². The van der Waals surface area contributed by atoms with E-state index in [1.807, 2.05) is 18.2 Å². The zero-order valence-electron chi connectivity index (χ0n) is 15.2. The molecular weight excluding hydrogens is 366 g/mol. The van der Waals surface area contributed by atoms with Gasteiger partial charge in [0.2, 0.25) is 0 Å². The quantitative estimate of drug-likeness (QED) is 0.682. The molecule has 0 aliphatic heterocycles. The van der Waals surface area contributed by atoms with Crippen molar-refractivity contribution >= 4 is 39.1 Å². The molecule has 0 spiro atoms. The van der Waals surface area contributed by atoms with Crippen LogP contribution >= 0.6 is 11.3 Å². The number of hydrogen-bond acceptors (Lipinski definition) is 6. The second-order valence-corrected chi connectivity index (χ2v) is 6.96. The predicted molar refractivity (Wildman–Crippen MR) is 104 cm³/mol. The molecule has 2 heterocycles. The Morgan fingerprint density at radius 1 is 1.30 bits per heavy atom. The fourth-order valence-corrected chi connectivity index (χ4v) is 3.93. The molecule has 3 rings (SSSR count). The van der Waals surface area contributed by atoms with Gasteiger partial charge in [-0.15, -0.1) is 11.3 Å². The Hall–Kier alpha value is -3.00. The maximum absolute atomic E-state index is 13.0. The molecule has 2 aromatic heterocycles. The summed E-state index contributed by atoms with van der Waals surface area (Å²) in [6.07, 6.45) is 1.73. The molecule has 140 valence electrons. The Morgan fingerprint density at radius 3 is 2.63 bits per heavy atom. The van der Waals surface area contributed by atoms with Crippen LogP contribution < -0.4 is 10.9 Å². The van der Waals surface area contributed by atoms with Crippen LogP contribution in [0.4, 0.5) is 5.69 Å². The highest BCUT2D eigenvalue weighted by molar-refractivity contribution is 7.20. The first-order valence-electron chi connectivity index (χ1n) is 8.42. The third-order valence-corrected chi connectivity index (χ3v) is 5.51. The third-order valence-electron chi connectivity index (χ3n) is 4.31. The molecule has 0 aliphatic carbocycles. The van der Waals surface area contributed by atoms with Gasteiger partial charge in [-0.25, -0.2) is 9.78 Å². The summed E-state index contributed by atoms with van der Waals surface area (Å²) >= 11 is 1.15. The van der Waals surface area contributed by atoms with Crippen molar-refractivity contribution in [2.24, 2.45) is 0 Å². The summed E-state index contributed by atoms with van der Waals surface area (Å²) in [7, 11) is 1.28. The van der Waals surface area contributed by atoms with E-state index in [4.69, 9.17) is 4.74 Å². The van der Waals surface area contributed by atoms with E-state index in [9.17, 15) is 14.4 Å². The van der Waals surface area contributed by atoms with Gasteiger partial charge >= 0.3 is 5.97 Å². The fraction of sp³-hybridized carbons (Fsp3) is 0.263. The average molecular weight is 385 g/mol. The van der Waals surface area contributed by atoms with Crippen molar-refractivity contribution in [3.8, 4) is 0 Å². The molecule has 1 atom stereocenters. The number of ether oxygens (including phenoxy) is 1. The van der Waals surface area contributed by atoms with Crippen molar-refractivity contribution in [1.82, 2.24) is 9.55 Å². The predicted octanol–water partition coefficient (Wildman–Crippen LogP) is 3.14. The minimum atomic E-state index is -0.750. The number of methoxy groups -OCH3 is 1. The lowest BCUT2D eigenvalue weighted by molar-refractivity contribution is -0.144. The molecule has 27 heavy (non-hydrogen) atoms. The Morgan fingerprint density at radius 2 is 2.00 bits per heavy atom. The van der Waals surface area contributed by atoms with Gasteiger partial charge in [-0.1, -0.05) is 25.1 Å². The van der Waals surface area contributed by atoms with E-state index < -0.39 is 12.0 Å². The Labute approximate surface area is 159 Å². The maximum atomic E-state index is 13.0. The average Bonchev–Trinajstić information content (AvgIpc) is 3.02. The molecule has 8 heteroatoms. The summed E-state index contributed by atoms with van der Waals surface area (Å²) in [4.78, 5) is 42.7. The first-order valence-corrected chi connectivity index (χ1v) is 9.24. The van der Waals surface area contributed by atoms with Gasteiger partial charge < -0.3 is 10.1 Å². The van der Waals surface area contributed by atoms with Gasteiger partial charge in [0.05, 0.1) is 23.7 Å². The summed E-state index contributed by atoms with van der Waals surface area (Å²) in [5.41, 5.74) is 0.862. The van der Waals surface area contributed by atoms with Crippen LogP contribution in [0.15, 0.2) is 41.5 Å². The number of aryl methyl sites for hydroxylation is 1. The van der Waals surface area contributed by atoms with Gasteiger partial charge in [0.15, 0.2) is 0 Å². The molecule has 0 saturated carbocycles. The highest BCUT2D eigenvalue weighted by Crippen LogP contribution is 2.28. The first kappa shape index (κ1) is 18.8. The first-order chi connectivity index (χ1) is 13.0. The van der Waals surface area contributed by atoms with Crippen molar-refractivity contribution < 1.29 is 14.3 Å². The number of hydrogen-bond donors (Lipinski definition) is 1. The molecule has 1 aromatic carbocycles. The number of para-hydroxylation sites is 1. The van der Waals surface area contributed by atoms with Gasteiger partial charge in [0.1, 0.15) is 10.9 Å². The van der Waals surface area contributed by atoms with Crippen molar-refractivity contribution in [2.45, 2.75) is 26.3 Å². The smallest absolute Gasteiger partial charge is 0.329 e. The zero-order chi connectivity index (χ0) is 19.6. The minimum Gasteiger partial charge on any atom is -0.467 e. The molecule has 1 N–H and O–H groups in total. The normalized spacial score (nSPS) is 12.0. The van der Waals surface area contributed by atoms with E-state index >= 15 is 0 Å². The zero-order valence-corrected chi connectivity index (χ0v) is 16.0. The summed E-state index contributed by atoms with van der Waals surface area (Å²) in [5, 5.41) is 3.17. The van der Waals surface area contributed by atoms with E-state index in [-0.39, 0.29) is 11.5 Å². The molecule has 0 bridgehead atoms. The van der Waals surface area contributed by atoms with Gasteiger partial charge in [-0.3, -0.25) is 14.2 Å². The number of amides is 1. The second-order valence-electron chi connectivity index (χ2n) is 5.96. The number of thiophene rings is 1. The number of aromatic nitrogens is 2. The number of carbonyl (C=O) groups is 2. The van der Waals surface area contributed by atoms with Gasteiger partial charge in [-0.2, -0.15) is 0 Å². The lowest BCUT2D eigenvalue weighted by Gasteiger charge is -2.15. The standard InChI is InChI=1S/C19H19N3O4S/c1-4-13(19(25)26-3)22-10-20-17-14(18(22)24)11(2)15(27-17)16(23)21-12-8-6-5-7-9-12/h5-10,13H,4H2,1-3H3,(H,21,23)/t13-/m0/s1. The largest absolute Gasteiger partial charge is 0.467 e. The Bertz CT molecular complexity index is 1060. The number of nitrogens with zero attached hydrogens (tertiary/aromatic N) is 2. The van der Waals surface area contributed by atoms with Gasteiger partial charge in [0, 0.05) is 5.69 Å². The summed E-state index contributed by atoms with van der Waals surface area (Å²) in [5.74, 6) is -0.802.